The first kappa shape index (κ1) is 16.8. The van der Waals surface area contributed by atoms with E-state index in [9.17, 15) is 9.18 Å². The molecule has 1 amide bonds. The van der Waals surface area contributed by atoms with Gasteiger partial charge < -0.3 is 15.5 Å². The Labute approximate surface area is 151 Å². The lowest BCUT2D eigenvalue weighted by molar-refractivity contribution is -0.125. The minimum Gasteiger partial charge on any atom is -0.353 e. The molecule has 7 heteroatoms. The average molecular weight is 355 g/mol. The monoisotopic (exact) mass is 355 g/mol. The SMILES string of the molecule is O=C(NC1CC1)C1CCCN(c2nccc(Nc3ccccc3F)n2)C1. The van der Waals surface area contributed by atoms with Gasteiger partial charge in [0.05, 0.1) is 11.6 Å². The largest absolute Gasteiger partial charge is 0.353 e. The predicted molar refractivity (Wildman–Crippen MR) is 97.8 cm³/mol. The summed E-state index contributed by atoms with van der Waals surface area (Å²) in [6.45, 7) is 1.43. The van der Waals surface area contributed by atoms with Gasteiger partial charge in [0.1, 0.15) is 11.6 Å². The molecule has 26 heavy (non-hydrogen) atoms. The fourth-order valence-corrected chi connectivity index (χ4v) is 3.19. The molecule has 1 saturated carbocycles. The highest BCUT2D eigenvalue weighted by Crippen LogP contribution is 2.25. The number of nitrogens with zero attached hydrogens (tertiary/aromatic N) is 3. The van der Waals surface area contributed by atoms with Crippen molar-refractivity contribution in [1.29, 1.82) is 0 Å². The number of nitrogens with one attached hydrogen (secondary N) is 2. The third-order valence-corrected chi connectivity index (χ3v) is 4.78. The fourth-order valence-electron chi connectivity index (χ4n) is 3.19. The van der Waals surface area contributed by atoms with Crippen LogP contribution < -0.4 is 15.5 Å². The van der Waals surface area contributed by atoms with Gasteiger partial charge >= 0.3 is 0 Å². The highest BCUT2D eigenvalue weighted by atomic mass is 19.1. The number of piperidine rings is 1. The molecule has 2 fully saturated rings. The summed E-state index contributed by atoms with van der Waals surface area (Å²) in [5, 5.41) is 6.07. The summed E-state index contributed by atoms with van der Waals surface area (Å²) in [4.78, 5) is 23.2. The van der Waals surface area contributed by atoms with Gasteiger partial charge in [0.15, 0.2) is 0 Å². The van der Waals surface area contributed by atoms with Gasteiger partial charge in [-0.3, -0.25) is 4.79 Å². The van der Waals surface area contributed by atoms with Gasteiger partial charge in [-0.2, -0.15) is 4.98 Å². The molecule has 2 heterocycles. The zero-order valence-corrected chi connectivity index (χ0v) is 14.5. The molecule has 2 N–H and O–H groups in total. The van der Waals surface area contributed by atoms with Gasteiger partial charge in [-0.25, -0.2) is 9.37 Å². The van der Waals surface area contributed by atoms with E-state index in [0.29, 0.717) is 30.0 Å². The molecule has 2 aromatic rings. The van der Waals surface area contributed by atoms with Crippen LogP contribution in [0.4, 0.5) is 21.8 Å². The Morgan fingerprint density at radius 3 is 2.85 bits per heavy atom. The van der Waals surface area contributed by atoms with E-state index in [1.165, 1.54) is 6.07 Å². The number of rotatable bonds is 5. The molecule has 1 aromatic heterocycles. The van der Waals surface area contributed by atoms with Crippen LogP contribution in [0.2, 0.25) is 0 Å². The smallest absolute Gasteiger partial charge is 0.227 e. The first-order valence-electron chi connectivity index (χ1n) is 9.09. The summed E-state index contributed by atoms with van der Waals surface area (Å²) >= 11 is 0. The molecule has 1 aromatic carbocycles. The third-order valence-electron chi connectivity index (χ3n) is 4.78. The summed E-state index contributed by atoms with van der Waals surface area (Å²) in [6.07, 6.45) is 5.66. The van der Waals surface area contributed by atoms with E-state index in [0.717, 1.165) is 32.2 Å². The zero-order valence-electron chi connectivity index (χ0n) is 14.5. The lowest BCUT2D eigenvalue weighted by atomic mass is 9.97. The summed E-state index contributed by atoms with van der Waals surface area (Å²) < 4.78 is 13.8. The normalized spacial score (nSPS) is 19.9. The number of amides is 1. The standard InChI is InChI=1S/C19H22FN5O/c20-15-5-1-2-6-16(15)23-17-9-10-21-19(24-17)25-11-3-4-13(12-25)18(26)22-14-7-8-14/h1-2,5-6,9-10,13-14H,3-4,7-8,11-12H2,(H,22,26)(H,21,23,24). The van der Waals surface area contributed by atoms with Crippen LogP contribution in [0.1, 0.15) is 25.7 Å². The second-order valence-corrected chi connectivity index (χ2v) is 6.91. The molecule has 6 nitrogen and oxygen atoms in total. The van der Waals surface area contributed by atoms with Crippen molar-refractivity contribution in [2.75, 3.05) is 23.3 Å². The van der Waals surface area contributed by atoms with E-state index in [2.05, 4.69) is 20.6 Å². The lowest BCUT2D eigenvalue weighted by Crippen LogP contribution is -2.44. The Morgan fingerprint density at radius 1 is 1.19 bits per heavy atom. The Balaban J connectivity index is 1.45. The van der Waals surface area contributed by atoms with Crippen molar-refractivity contribution in [3.8, 4) is 0 Å². The quantitative estimate of drug-likeness (QED) is 0.863. The van der Waals surface area contributed by atoms with Crippen molar-refractivity contribution in [2.24, 2.45) is 5.92 Å². The van der Waals surface area contributed by atoms with Crippen molar-refractivity contribution in [3.63, 3.8) is 0 Å². The summed E-state index contributed by atoms with van der Waals surface area (Å²) in [6, 6.07) is 8.56. The van der Waals surface area contributed by atoms with Gasteiger partial charge in [0.2, 0.25) is 11.9 Å². The minimum atomic E-state index is -0.331. The fraction of sp³-hybridized carbons (Fsp3) is 0.421. The van der Waals surface area contributed by atoms with Crippen LogP contribution in [0.25, 0.3) is 0 Å². The topological polar surface area (TPSA) is 70.2 Å². The maximum absolute atomic E-state index is 13.8. The van der Waals surface area contributed by atoms with Crippen molar-refractivity contribution >= 4 is 23.4 Å². The molecular weight excluding hydrogens is 333 g/mol. The third kappa shape index (κ3) is 3.92. The van der Waals surface area contributed by atoms with Gasteiger partial charge in [0, 0.05) is 25.3 Å². The van der Waals surface area contributed by atoms with Crippen molar-refractivity contribution in [3.05, 3.63) is 42.3 Å². The van der Waals surface area contributed by atoms with E-state index in [-0.39, 0.29) is 17.6 Å². The molecule has 0 spiro atoms. The Morgan fingerprint density at radius 2 is 2.04 bits per heavy atom. The first-order chi connectivity index (χ1) is 12.7. The molecule has 4 rings (SSSR count). The molecule has 1 aliphatic heterocycles. The van der Waals surface area contributed by atoms with Crippen molar-refractivity contribution < 1.29 is 9.18 Å². The number of anilines is 3. The van der Waals surface area contributed by atoms with Gasteiger partial charge in [-0.05, 0) is 43.9 Å². The highest BCUT2D eigenvalue weighted by Gasteiger charge is 2.31. The molecule has 1 unspecified atom stereocenters. The van der Waals surface area contributed by atoms with Crippen LogP contribution in [0.3, 0.4) is 0 Å². The number of carbonyl (C=O) groups excluding carboxylic acids is 1. The first-order valence-corrected chi connectivity index (χ1v) is 9.09. The second kappa shape index (κ2) is 7.27. The van der Waals surface area contributed by atoms with Gasteiger partial charge in [0.25, 0.3) is 0 Å². The van der Waals surface area contributed by atoms with E-state index in [1.807, 2.05) is 4.90 Å². The zero-order chi connectivity index (χ0) is 17.9. The van der Waals surface area contributed by atoms with E-state index in [1.54, 1.807) is 30.5 Å². The molecule has 1 saturated heterocycles. The maximum atomic E-state index is 13.8. The highest BCUT2D eigenvalue weighted by molar-refractivity contribution is 5.80. The summed E-state index contributed by atoms with van der Waals surface area (Å²) in [7, 11) is 0. The van der Waals surface area contributed by atoms with Crippen LogP contribution in [0, 0.1) is 11.7 Å². The number of aromatic nitrogens is 2. The van der Waals surface area contributed by atoms with E-state index >= 15 is 0 Å². The molecular formula is C19H22FN5O. The Bertz CT molecular complexity index is 795. The number of hydrogen-bond donors (Lipinski definition) is 2. The lowest BCUT2D eigenvalue weighted by Gasteiger charge is -2.32. The van der Waals surface area contributed by atoms with E-state index in [4.69, 9.17) is 0 Å². The van der Waals surface area contributed by atoms with Crippen LogP contribution in [0.15, 0.2) is 36.5 Å². The van der Waals surface area contributed by atoms with Crippen molar-refractivity contribution in [1.82, 2.24) is 15.3 Å². The predicted octanol–water partition coefficient (Wildman–Crippen LogP) is 2.85. The molecule has 136 valence electrons. The number of halogens is 1. The van der Waals surface area contributed by atoms with Crippen LogP contribution in [-0.4, -0.2) is 35.0 Å². The van der Waals surface area contributed by atoms with Crippen LogP contribution in [-0.2, 0) is 4.79 Å². The molecule has 2 aliphatic rings. The number of carbonyl (C=O) groups is 1. The maximum Gasteiger partial charge on any atom is 0.227 e. The van der Waals surface area contributed by atoms with Gasteiger partial charge in [-0.1, -0.05) is 12.1 Å². The second-order valence-electron chi connectivity index (χ2n) is 6.91. The minimum absolute atomic E-state index is 0.0314. The average Bonchev–Trinajstić information content (AvgIpc) is 3.48. The molecule has 1 aliphatic carbocycles. The number of hydrogen-bond acceptors (Lipinski definition) is 5. The molecule has 0 bridgehead atoms. The van der Waals surface area contributed by atoms with E-state index < -0.39 is 0 Å². The summed E-state index contributed by atoms with van der Waals surface area (Å²) in [5.74, 6) is 0.872. The number of benzene rings is 1. The van der Waals surface area contributed by atoms with Crippen LogP contribution >= 0.6 is 0 Å². The van der Waals surface area contributed by atoms with Gasteiger partial charge in [-0.15, -0.1) is 0 Å². The number of para-hydroxylation sites is 1. The van der Waals surface area contributed by atoms with Crippen LogP contribution in [0.5, 0.6) is 0 Å². The molecule has 0 radical (unpaired) electrons. The van der Waals surface area contributed by atoms with Crippen molar-refractivity contribution in [2.45, 2.75) is 31.7 Å². The Hall–Kier alpha value is -2.70. The summed E-state index contributed by atoms with van der Waals surface area (Å²) in [5.41, 5.74) is 0.373. The Kier molecular flexibility index (Phi) is 4.69. The molecule has 1 atom stereocenters.